The molecule has 0 saturated carbocycles. The van der Waals surface area contributed by atoms with Crippen LogP contribution in [0.3, 0.4) is 0 Å². The number of rotatable bonds is 18. The SMILES string of the molecule is CCCCCCCCOC(=O)CCCCC(=O)OC(C)CCCCCC. The van der Waals surface area contributed by atoms with Crippen LogP contribution in [0.5, 0.6) is 0 Å². The van der Waals surface area contributed by atoms with Gasteiger partial charge in [0.1, 0.15) is 0 Å². The summed E-state index contributed by atoms with van der Waals surface area (Å²) in [6, 6.07) is 0. The van der Waals surface area contributed by atoms with Crippen LogP contribution in [-0.2, 0) is 19.1 Å². The second-order valence-electron chi connectivity index (χ2n) is 7.35. The predicted molar refractivity (Wildman–Crippen MR) is 107 cm³/mol. The van der Waals surface area contributed by atoms with Crippen molar-refractivity contribution in [3.63, 3.8) is 0 Å². The molecule has 0 fully saturated rings. The first-order chi connectivity index (χ1) is 12.6. The Morgan fingerprint density at radius 1 is 0.692 bits per heavy atom. The van der Waals surface area contributed by atoms with E-state index in [2.05, 4.69) is 13.8 Å². The molecule has 0 rings (SSSR count). The van der Waals surface area contributed by atoms with Crippen molar-refractivity contribution >= 4 is 11.9 Å². The molecule has 0 amide bonds. The maximum Gasteiger partial charge on any atom is 0.306 e. The lowest BCUT2D eigenvalue weighted by Gasteiger charge is -2.13. The van der Waals surface area contributed by atoms with Gasteiger partial charge in [0.25, 0.3) is 0 Å². The van der Waals surface area contributed by atoms with Crippen molar-refractivity contribution < 1.29 is 19.1 Å². The Hall–Kier alpha value is -1.06. The molecule has 0 spiro atoms. The van der Waals surface area contributed by atoms with E-state index in [1.54, 1.807) is 0 Å². The summed E-state index contributed by atoms with van der Waals surface area (Å²) in [5.74, 6) is -0.287. The zero-order chi connectivity index (χ0) is 19.5. The van der Waals surface area contributed by atoms with E-state index in [1.807, 2.05) is 6.92 Å². The predicted octanol–water partition coefficient (Wildman–Crippen LogP) is 6.35. The minimum absolute atomic E-state index is 0.00153. The van der Waals surface area contributed by atoms with E-state index in [0.29, 0.717) is 32.3 Å². The molecule has 26 heavy (non-hydrogen) atoms. The molecule has 4 heteroatoms. The first-order valence-corrected chi connectivity index (χ1v) is 10.9. The fourth-order valence-corrected chi connectivity index (χ4v) is 2.88. The third-order valence-corrected chi connectivity index (χ3v) is 4.57. The van der Waals surface area contributed by atoms with Crippen LogP contribution in [0.25, 0.3) is 0 Å². The van der Waals surface area contributed by atoms with Crippen molar-refractivity contribution in [3.8, 4) is 0 Å². The Morgan fingerprint density at radius 3 is 1.88 bits per heavy atom. The highest BCUT2D eigenvalue weighted by molar-refractivity contribution is 5.70. The van der Waals surface area contributed by atoms with E-state index in [4.69, 9.17) is 9.47 Å². The van der Waals surface area contributed by atoms with Crippen LogP contribution in [-0.4, -0.2) is 24.6 Å². The van der Waals surface area contributed by atoms with Crippen molar-refractivity contribution in [2.45, 2.75) is 123 Å². The largest absolute Gasteiger partial charge is 0.466 e. The van der Waals surface area contributed by atoms with Gasteiger partial charge in [0.05, 0.1) is 12.7 Å². The topological polar surface area (TPSA) is 52.6 Å². The molecule has 1 atom stereocenters. The molecule has 0 aromatic carbocycles. The van der Waals surface area contributed by atoms with Crippen LogP contribution in [0.4, 0.5) is 0 Å². The monoisotopic (exact) mass is 370 g/mol. The van der Waals surface area contributed by atoms with E-state index in [0.717, 1.165) is 25.7 Å². The highest BCUT2D eigenvalue weighted by Gasteiger charge is 2.10. The molecule has 0 bridgehead atoms. The number of carbonyl (C=O) groups is 2. The van der Waals surface area contributed by atoms with E-state index in [1.165, 1.54) is 44.9 Å². The maximum absolute atomic E-state index is 11.8. The molecule has 0 saturated heterocycles. The zero-order valence-electron chi connectivity index (χ0n) is 17.5. The highest BCUT2D eigenvalue weighted by Crippen LogP contribution is 2.10. The lowest BCUT2D eigenvalue weighted by Crippen LogP contribution is -2.14. The second-order valence-corrected chi connectivity index (χ2v) is 7.35. The molecule has 0 radical (unpaired) electrons. The fraction of sp³-hybridized carbons (Fsp3) is 0.909. The van der Waals surface area contributed by atoms with Crippen molar-refractivity contribution in [1.82, 2.24) is 0 Å². The number of carbonyl (C=O) groups excluding carboxylic acids is 2. The van der Waals surface area contributed by atoms with Gasteiger partial charge in [-0.05, 0) is 39.0 Å². The Balaban J connectivity index is 3.45. The van der Waals surface area contributed by atoms with E-state index >= 15 is 0 Å². The summed E-state index contributed by atoms with van der Waals surface area (Å²) in [4.78, 5) is 23.4. The van der Waals surface area contributed by atoms with E-state index in [-0.39, 0.29) is 18.0 Å². The average molecular weight is 371 g/mol. The lowest BCUT2D eigenvalue weighted by atomic mass is 10.1. The van der Waals surface area contributed by atoms with Gasteiger partial charge in [0.15, 0.2) is 0 Å². The fourth-order valence-electron chi connectivity index (χ4n) is 2.88. The van der Waals surface area contributed by atoms with Crippen LogP contribution in [0.1, 0.15) is 117 Å². The number of hydrogen-bond donors (Lipinski definition) is 0. The highest BCUT2D eigenvalue weighted by atomic mass is 16.5. The van der Waals surface area contributed by atoms with Gasteiger partial charge in [0, 0.05) is 12.8 Å². The normalized spacial score (nSPS) is 12.0. The summed E-state index contributed by atoms with van der Waals surface area (Å²) >= 11 is 0. The lowest BCUT2D eigenvalue weighted by molar-refractivity contribution is -0.149. The van der Waals surface area contributed by atoms with E-state index in [9.17, 15) is 9.59 Å². The number of ether oxygens (including phenoxy) is 2. The number of unbranched alkanes of at least 4 members (excludes halogenated alkanes) is 9. The van der Waals surface area contributed by atoms with Crippen molar-refractivity contribution in [2.75, 3.05) is 6.61 Å². The van der Waals surface area contributed by atoms with Gasteiger partial charge in [-0.25, -0.2) is 0 Å². The maximum atomic E-state index is 11.8. The van der Waals surface area contributed by atoms with Crippen molar-refractivity contribution in [3.05, 3.63) is 0 Å². The summed E-state index contributed by atoms with van der Waals surface area (Å²) in [6.07, 6.45) is 15.0. The molecule has 1 unspecified atom stereocenters. The van der Waals surface area contributed by atoms with Crippen molar-refractivity contribution in [2.24, 2.45) is 0 Å². The van der Waals surface area contributed by atoms with Gasteiger partial charge in [-0.3, -0.25) is 9.59 Å². The number of hydrogen-bond acceptors (Lipinski definition) is 4. The minimum atomic E-state index is -0.145. The summed E-state index contributed by atoms with van der Waals surface area (Å²) in [7, 11) is 0. The summed E-state index contributed by atoms with van der Waals surface area (Å²) in [5, 5.41) is 0. The Morgan fingerprint density at radius 2 is 1.23 bits per heavy atom. The second kappa shape index (κ2) is 18.7. The summed E-state index contributed by atoms with van der Waals surface area (Å²) in [6.45, 7) is 6.89. The molecular weight excluding hydrogens is 328 g/mol. The van der Waals surface area contributed by atoms with Gasteiger partial charge >= 0.3 is 11.9 Å². The van der Waals surface area contributed by atoms with Crippen LogP contribution in [0.2, 0.25) is 0 Å². The molecule has 0 aromatic heterocycles. The first-order valence-electron chi connectivity index (χ1n) is 10.9. The van der Waals surface area contributed by atoms with Gasteiger partial charge in [0.2, 0.25) is 0 Å². The van der Waals surface area contributed by atoms with Crippen LogP contribution in [0.15, 0.2) is 0 Å². The summed E-state index contributed by atoms with van der Waals surface area (Å²) in [5.41, 5.74) is 0. The molecule has 154 valence electrons. The molecule has 0 aliphatic rings. The molecule has 4 nitrogen and oxygen atoms in total. The molecule has 0 aromatic rings. The van der Waals surface area contributed by atoms with Crippen molar-refractivity contribution in [1.29, 1.82) is 0 Å². The average Bonchev–Trinajstić information content (AvgIpc) is 2.61. The van der Waals surface area contributed by atoms with E-state index < -0.39 is 0 Å². The summed E-state index contributed by atoms with van der Waals surface area (Å²) < 4.78 is 10.6. The Labute approximate surface area is 161 Å². The van der Waals surface area contributed by atoms with Crippen LogP contribution in [0, 0.1) is 0 Å². The van der Waals surface area contributed by atoms with Gasteiger partial charge in [-0.15, -0.1) is 0 Å². The van der Waals surface area contributed by atoms with Gasteiger partial charge in [-0.1, -0.05) is 65.2 Å². The molecule has 0 aliphatic carbocycles. The van der Waals surface area contributed by atoms with Crippen LogP contribution < -0.4 is 0 Å². The first kappa shape index (κ1) is 24.9. The number of esters is 2. The van der Waals surface area contributed by atoms with Gasteiger partial charge in [-0.2, -0.15) is 0 Å². The van der Waals surface area contributed by atoms with Crippen LogP contribution >= 0.6 is 0 Å². The molecule has 0 heterocycles. The molecular formula is C22H42O4. The molecule has 0 N–H and O–H groups in total. The smallest absolute Gasteiger partial charge is 0.306 e. The molecule has 0 aliphatic heterocycles. The van der Waals surface area contributed by atoms with Gasteiger partial charge < -0.3 is 9.47 Å². The third kappa shape index (κ3) is 17.8. The third-order valence-electron chi connectivity index (χ3n) is 4.57. The zero-order valence-corrected chi connectivity index (χ0v) is 17.5. The quantitative estimate of drug-likeness (QED) is 0.208. The standard InChI is InChI=1S/C22H42O4/c1-4-6-8-10-11-15-19-25-21(23)17-13-14-18-22(24)26-20(3)16-12-9-7-5-2/h20H,4-19H2,1-3H3. The Bertz CT molecular complexity index is 341. The Kier molecular flexibility index (Phi) is 18.0. The minimum Gasteiger partial charge on any atom is -0.466 e.